The van der Waals surface area contributed by atoms with Crippen LogP contribution in [0, 0.1) is 0 Å². The number of amides is 1. The van der Waals surface area contributed by atoms with Gasteiger partial charge in [0.15, 0.2) is 0 Å². The maximum Gasteiger partial charge on any atom is 0.337 e. The van der Waals surface area contributed by atoms with Crippen LogP contribution >= 0.6 is 0 Å². The van der Waals surface area contributed by atoms with Crippen molar-refractivity contribution in [1.29, 1.82) is 0 Å². The lowest BCUT2D eigenvalue weighted by molar-refractivity contribution is -0.111. The number of rotatable bonds is 5. The molecule has 25 heavy (non-hydrogen) atoms. The van der Waals surface area contributed by atoms with E-state index >= 15 is 0 Å². The second-order valence-electron chi connectivity index (χ2n) is 5.92. The van der Waals surface area contributed by atoms with Gasteiger partial charge in [-0.3, -0.25) is 4.79 Å². The minimum absolute atomic E-state index is 0.203. The molecule has 1 aliphatic heterocycles. The molecule has 1 saturated heterocycles. The Balaban J connectivity index is 1.74. The largest absolute Gasteiger partial charge is 0.478 e. The third-order valence-corrected chi connectivity index (χ3v) is 4.13. The van der Waals surface area contributed by atoms with Gasteiger partial charge < -0.3 is 19.7 Å². The number of nitrogens with one attached hydrogen (secondary N) is 1. The quantitative estimate of drug-likeness (QED) is 0.812. The average molecular weight is 340 g/mol. The van der Waals surface area contributed by atoms with E-state index in [4.69, 9.17) is 4.42 Å². The Morgan fingerprint density at radius 1 is 1.16 bits per heavy atom. The third kappa shape index (κ3) is 4.29. The Labute approximate surface area is 145 Å². The van der Waals surface area contributed by atoms with Crippen LogP contribution in [0.1, 0.15) is 35.4 Å². The average Bonchev–Trinajstić information content (AvgIpc) is 3.14. The normalized spacial score (nSPS) is 14.6. The number of carbonyl (C=O) groups excluding carboxylic acids is 1. The second-order valence-corrected chi connectivity index (χ2v) is 5.92. The molecule has 2 N–H and O–H groups in total. The third-order valence-electron chi connectivity index (χ3n) is 4.13. The zero-order valence-electron chi connectivity index (χ0n) is 13.8. The predicted molar refractivity (Wildman–Crippen MR) is 95.8 cm³/mol. The molecule has 1 amide bonds. The SMILES string of the molecule is O=C(/C=C/c1ccco1)Nc1ccc(N2CCCCC2)c(C(=O)O)c1. The number of hydrogen-bond acceptors (Lipinski definition) is 4. The number of carbonyl (C=O) groups is 2. The van der Waals surface area contributed by atoms with E-state index in [1.807, 2.05) is 0 Å². The van der Waals surface area contributed by atoms with Gasteiger partial charge in [-0.1, -0.05) is 0 Å². The lowest BCUT2D eigenvalue weighted by atomic mass is 10.1. The Hall–Kier alpha value is -3.02. The highest BCUT2D eigenvalue weighted by molar-refractivity contribution is 6.03. The first-order chi connectivity index (χ1) is 12.1. The van der Waals surface area contributed by atoms with Gasteiger partial charge in [0.2, 0.25) is 5.91 Å². The summed E-state index contributed by atoms with van der Waals surface area (Å²) in [5.41, 5.74) is 1.36. The summed E-state index contributed by atoms with van der Waals surface area (Å²) in [6.45, 7) is 1.72. The van der Waals surface area contributed by atoms with Crippen molar-refractivity contribution in [2.75, 3.05) is 23.3 Å². The first-order valence-electron chi connectivity index (χ1n) is 8.28. The molecule has 6 nitrogen and oxygen atoms in total. The molecule has 0 spiro atoms. The Morgan fingerprint density at radius 2 is 1.96 bits per heavy atom. The van der Waals surface area contributed by atoms with Gasteiger partial charge in [0.1, 0.15) is 5.76 Å². The van der Waals surface area contributed by atoms with Crippen molar-refractivity contribution in [3.05, 3.63) is 54.0 Å². The number of nitrogens with zero attached hydrogens (tertiary/aromatic N) is 1. The van der Waals surface area contributed by atoms with Crippen molar-refractivity contribution in [2.24, 2.45) is 0 Å². The highest BCUT2D eigenvalue weighted by Gasteiger charge is 2.18. The number of benzene rings is 1. The molecule has 3 rings (SSSR count). The van der Waals surface area contributed by atoms with E-state index in [0.29, 0.717) is 17.1 Å². The molecule has 0 radical (unpaired) electrons. The lowest BCUT2D eigenvalue weighted by Gasteiger charge is -2.30. The summed E-state index contributed by atoms with van der Waals surface area (Å²) in [6.07, 6.45) is 7.72. The number of piperidine rings is 1. The minimum atomic E-state index is -0.997. The van der Waals surface area contributed by atoms with Gasteiger partial charge in [-0.15, -0.1) is 0 Å². The topological polar surface area (TPSA) is 82.8 Å². The molecule has 2 heterocycles. The molecular formula is C19H20N2O4. The molecular weight excluding hydrogens is 320 g/mol. The number of aromatic carboxylic acids is 1. The summed E-state index contributed by atoms with van der Waals surface area (Å²) in [5.74, 6) is -0.775. The van der Waals surface area contributed by atoms with Crippen LogP contribution < -0.4 is 10.2 Å². The maximum atomic E-state index is 12.0. The van der Waals surface area contributed by atoms with Gasteiger partial charge in [0.05, 0.1) is 17.5 Å². The summed E-state index contributed by atoms with van der Waals surface area (Å²) in [6, 6.07) is 8.47. The predicted octanol–water partition coefficient (Wildman–Crippen LogP) is 3.62. The van der Waals surface area contributed by atoms with Gasteiger partial charge >= 0.3 is 5.97 Å². The number of furan rings is 1. The summed E-state index contributed by atoms with van der Waals surface area (Å²) in [4.78, 5) is 25.7. The highest BCUT2D eigenvalue weighted by atomic mass is 16.4. The maximum absolute atomic E-state index is 12.0. The monoisotopic (exact) mass is 340 g/mol. The molecule has 1 aliphatic rings. The van der Waals surface area contributed by atoms with E-state index in [-0.39, 0.29) is 11.5 Å². The standard InChI is InChI=1S/C19H20N2O4/c22-18(9-7-15-5-4-12-25-15)20-14-6-8-17(16(13-14)19(23)24)21-10-2-1-3-11-21/h4-9,12-13H,1-3,10-11H2,(H,20,22)(H,23,24)/b9-7+. The Bertz CT molecular complexity index is 775. The molecule has 1 aromatic heterocycles. The summed E-state index contributed by atoms with van der Waals surface area (Å²) < 4.78 is 5.12. The molecule has 0 unspecified atom stereocenters. The van der Waals surface area contributed by atoms with Crippen LogP contribution in [0.25, 0.3) is 6.08 Å². The van der Waals surface area contributed by atoms with E-state index in [9.17, 15) is 14.7 Å². The zero-order chi connectivity index (χ0) is 17.6. The van der Waals surface area contributed by atoms with E-state index in [1.165, 1.54) is 24.8 Å². The van der Waals surface area contributed by atoms with E-state index in [0.717, 1.165) is 25.9 Å². The van der Waals surface area contributed by atoms with Gasteiger partial charge in [-0.2, -0.15) is 0 Å². The summed E-state index contributed by atoms with van der Waals surface area (Å²) in [5, 5.41) is 12.2. The second kappa shape index (κ2) is 7.70. The lowest BCUT2D eigenvalue weighted by Crippen LogP contribution is -2.30. The van der Waals surface area contributed by atoms with Crippen LogP contribution in [0.15, 0.2) is 47.1 Å². The minimum Gasteiger partial charge on any atom is -0.478 e. The van der Waals surface area contributed by atoms with Crippen LogP contribution in [0.5, 0.6) is 0 Å². The number of anilines is 2. The fraction of sp³-hybridized carbons (Fsp3) is 0.263. The van der Waals surface area contributed by atoms with Gasteiger partial charge in [-0.05, 0) is 55.7 Å². The smallest absolute Gasteiger partial charge is 0.337 e. The zero-order valence-corrected chi connectivity index (χ0v) is 13.8. The molecule has 1 aromatic carbocycles. The fourth-order valence-corrected chi connectivity index (χ4v) is 2.92. The van der Waals surface area contributed by atoms with Crippen LogP contribution in [0.2, 0.25) is 0 Å². The van der Waals surface area contributed by atoms with Gasteiger partial charge in [0.25, 0.3) is 0 Å². The molecule has 0 saturated carbocycles. The molecule has 0 atom stereocenters. The van der Waals surface area contributed by atoms with Crippen molar-refractivity contribution < 1.29 is 19.1 Å². The van der Waals surface area contributed by atoms with E-state index in [2.05, 4.69) is 10.2 Å². The first-order valence-corrected chi connectivity index (χ1v) is 8.28. The van der Waals surface area contributed by atoms with Crippen LogP contribution in [0.3, 0.4) is 0 Å². The molecule has 0 aliphatic carbocycles. The van der Waals surface area contributed by atoms with Crippen molar-refractivity contribution >= 4 is 29.3 Å². The number of carboxylic acid groups (broad SMARTS) is 1. The van der Waals surface area contributed by atoms with E-state index in [1.54, 1.807) is 30.3 Å². The van der Waals surface area contributed by atoms with Crippen LogP contribution in [-0.2, 0) is 4.79 Å². The molecule has 130 valence electrons. The fourth-order valence-electron chi connectivity index (χ4n) is 2.92. The molecule has 0 bridgehead atoms. The number of carboxylic acids is 1. The highest BCUT2D eigenvalue weighted by Crippen LogP contribution is 2.27. The summed E-state index contributed by atoms with van der Waals surface area (Å²) >= 11 is 0. The van der Waals surface area contributed by atoms with Crippen LogP contribution in [0.4, 0.5) is 11.4 Å². The van der Waals surface area contributed by atoms with Crippen LogP contribution in [-0.4, -0.2) is 30.1 Å². The van der Waals surface area contributed by atoms with Crippen molar-refractivity contribution in [3.8, 4) is 0 Å². The van der Waals surface area contributed by atoms with E-state index < -0.39 is 5.97 Å². The molecule has 2 aromatic rings. The summed E-state index contributed by atoms with van der Waals surface area (Å²) in [7, 11) is 0. The molecule has 6 heteroatoms. The Morgan fingerprint density at radius 3 is 2.64 bits per heavy atom. The Kier molecular flexibility index (Phi) is 5.18. The van der Waals surface area contributed by atoms with Crippen molar-refractivity contribution in [2.45, 2.75) is 19.3 Å². The van der Waals surface area contributed by atoms with Gasteiger partial charge in [0, 0.05) is 24.9 Å². The van der Waals surface area contributed by atoms with Crippen molar-refractivity contribution in [1.82, 2.24) is 0 Å². The first kappa shape index (κ1) is 16.8. The van der Waals surface area contributed by atoms with Gasteiger partial charge in [-0.25, -0.2) is 4.79 Å². The van der Waals surface area contributed by atoms with Crippen molar-refractivity contribution in [3.63, 3.8) is 0 Å². The molecule has 1 fully saturated rings. The number of hydrogen-bond donors (Lipinski definition) is 2.